The molecule has 0 aliphatic carbocycles. The molecular formula is C10H18N2O2. The minimum atomic E-state index is -0.199. The average molecular weight is 198 g/mol. The number of carbonyl (C=O) groups excluding carboxylic acids is 1. The van der Waals surface area contributed by atoms with Crippen LogP contribution in [0.5, 0.6) is 0 Å². The number of hydrogen-bond donors (Lipinski definition) is 1. The molecule has 14 heavy (non-hydrogen) atoms. The van der Waals surface area contributed by atoms with Crippen LogP contribution in [0, 0.1) is 11.8 Å². The highest BCUT2D eigenvalue weighted by Gasteiger charge is 1.97. The van der Waals surface area contributed by atoms with Crippen LogP contribution < -0.4 is 5.32 Å². The maximum Gasteiger partial charge on any atom is 0.298 e. The number of amides is 1. The first-order chi connectivity index (χ1) is 6.57. The molecule has 80 valence electrons. The standard InChI is InChI=1S/C10H18N2O2/c1-9(11-2)8-14-7-5-6-10(13)12(3)4/h9,11H,7-8H2,1-4H3. The Morgan fingerprint density at radius 1 is 1.57 bits per heavy atom. The smallest absolute Gasteiger partial charge is 0.298 e. The summed E-state index contributed by atoms with van der Waals surface area (Å²) in [5.41, 5.74) is 0. The average Bonchev–Trinajstić information content (AvgIpc) is 2.16. The van der Waals surface area contributed by atoms with Crippen molar-refractivity contribution in [2.24, 2.45) is 0 Å². The maximum atomic E-state index is 11.0. The SMILES string of the molecule is CNC(C)COCC#CC(=O)N(C)C. The van der Waals surface area contributed by atoms with Crippen LogP contribution in [0.25, 0.3) is 0 Å². The fraction of sp³-hybridized carbons (Fsp3) is 0.700. The van der Waals surface area contributed by atoms with Gasteiger partial charge < -0.3 is 15.0 Å². The summed E-state index contributed by atoms with van der Waals surface area (Å²) in [7, 11) is 5.21. The molecular weight excluding hydrogens is 180 g/mol. The Morgan fingerprint density at radius 2 is 2.21 bits per heavy atom. The Bertz CT molecular complexity index is 228. The molecule has 0 saturated carbocycles. The van der Waals surface area contributed by atoms with Gasteiger partial charge in [0.25, 0.3) is 5.91 Å². The van der Waals surface area contributed by atoms with Crippen LogP contribution in [-0.2, 0) is 9.53 Å². The molecule has 0 saturated heterocycles. The van der Waals surface area contributed by atoms with Crippen LogP contribution in [0.15, 0.2) is 0 Å². The van der Waals surface area contributed by atoms with E-state index in [0.717, 1.165) is 0 Å². The van der Waals surface area contributed by atoms with Crippen molar-refractivity contribution >= 4 is 5.91 Å². The summed E-state index contributed by atoms with van der Waals surface area (Å²) in [5, 5.41) is 3.03. The first kappa shape index (κ1) is 12.9. The van der Waals surface area contributed by atoms with Gasteiger partial charge in [-0.05, 0) is 19.9 Å². The molecule has 0 heterocycles. The number of likely N-dealkylation sites (N-methyl/N-ethyl adjacent to an activating group) is 1. The van der Waals surface area contributed by atoms with Gasteiger partial charge in [0.2, 0.25) is 0 Å². The van der Waals surface area contributed by atoms with Crippen LogP contribution in [0.4, 0.5) is 0 Å². The van der Waals surface area contributed by atoms with Gasteiger partial charge in [-0.2, -0.15) is 0 Å². The lowest BCUT2D eigenvalue weighted by atomic mass is 10.4. The van der Waals surface area contributed by atoms with Crippen LogP contribution in [-0.4, -0.2) is 51.2 Å². The van der Waals surface area contributed by atoms with Crippen molar-refractivity contribution in [3.05, 3.63) is 0 Å². The predicted molar refractivity (Wildman–Crippen MR) is 55.8 cm³/mol. The third-order valence-electron chi connectivity index (χ3n) is 1.64. The highest BCUT2D eigenvalue weighted by molar-refractivity contribution is 5.93. The second kappa shape index (κ2) is 7.36. The molecule has 0 aliphatic heterocycles. The van der Waals surface area contributed by atoms with E-state index in [0.29, 0.717) is 19.3 Å². The van der Waals surface area contributed by atoms with Crippen LogP contribution in [0.1, 0.15) is 6.92 Å². The number of rotatable bonds is 4. The Kier molecular flexibility index (Phi) is 6.81. The normalized spacial score (nSPS) is 11.4. The van der Waals surface area contributed by atoms with Gasteiger partial charge in [-0.1, -0.05) is 5.92 Å². The molecule has 0 fully saturated rings. The number of carbonyl (C=O) groups is 1. The zero-order valence-electron chi connectivity index (χ0n) is 9.26. The molecule has 4 heteroatoms. The van der Waals surface area contributed by atoms with E-state index in [-0.39, 0.29) is 5.91 Å². The molecule has 0 rings (SSSR count). The van der Waals surface area contributed by atoms with Crippen molar-refractivity contribution in [1.82, 2.24) is 10.2 Å². The number of hydrogen-bond acceptors (Lipinski definition) is 3. The Labute approximate surface area is 85.6 Å². The highest BCUT2D eigenvalue weighted by Crippen LogP contribution is 1.81. The van der Waals surface area contributed by atoms with Gasteiger partial charge in [0.15, 0.2) is 0 Å². The molecule has 0 aliphatic rings. The summed E-state index contributed by atoms with van der Waals surface area (Å²) in [4.78, 5) is 12.4. The topological polar surface area (TPSA) is 41.6 Å². The van der Waals surface area contributed by atoms with E-state index in [1.165, 1.54) is 4.90 Å². The Hall–Kier alpha value is -1.05. The van der Waals surface area contributed by atoms with E-state index in [9.17, 15) is 4.79 Å². The zero-order valence-corrected chi connectivity index (χ0v) is 9.26. The monoisotopic (exact) mass is 198 g/mol. The minimum Gasteiger partial charge on any atom is -0.367 e. The lowest BCUT2D eigenvalue weighted by molar-refractivity contribution is -0.122. The van der Waals surface area contributed by atoms with Crippen molar-refractivity contribution in [2.75, 3.05) is 34.4 Å². The molecule has 1 amide bonds. The van der Waals surface area contributed by atoms with Gasteiger partial charge in [-0.15, -0.1) is 0 Å². The van der Waals surface area contributed by atoms with Crippen LogP contribution in [0.2, 0.25) is 0 Å². The van der Waals surface area contributed by atoms with Crippen molar-refractivity contribution in [1.29, 1.82) is 0 Å². The van der Waals surface area contributed by atoms with Gasteiger partial charge in [0.05, 0.1) is 6.61 Å². The first-order valence-corrected chi connectivity index (χ1v) is 4.53. The Morgan fingerprint density at radius 3 is 2.71 bits per heavy atom. The zero-order chi connectivity index (χ0) is 11.0. The first-order valence-electron chi connectivity index (χ1n) is 4.53. The van der Waals surface area contributed by atoms with Crippen LogP contribution in [0.3, 0.4) is 0 Å². The van der Waals surface area contributed by atoms with Crippen molar-refractivity contribution in [3.8, 4) is 11.8 Å². The number of nitrogens with one attached hydrogen (secondary N) is 1. The van der Waals surface area contributed by atoms with Crippen molar-refractivity contribution in [2.45, 2.75) is 13.0 Å². The molecule has 0 aromatic rings. The van der Waals surface area contributed by atoms with E-state index >= 15 is 0 Å². The molecule has 1 N–H and O–H groups in total. The highest BCUT2D eigenvalue weighted by atomic mass is 16.5. The van der Waals surface area contributed by atoms with Crippen LogP contribution >= 0.6 is 0 Å². The van der Waals surface area contributed by atoms with E-state index < -0.39 is 0 Å². The van der Waals surface area contributed by atoms with Gasteiger partial charge in [-0.3, -0.25) is 4.79 Å². The fourth-order valence-electron chi connectivity index (χ4n) is 0.594. The molecule has 0 aromatic carbocycles. The van der Waals surface area contributed by atoms with E-state index in [1.807, 2.05) is 14.0 Å². The van der Waals surface area contributed by atoms with Gasteiger partial charge in [0.1, 0.15) is 6.61 Å². The molecule has 0 radical (unpaired) electrons. The summed E-state index contributed by atoms with van der Waals surface area (Å²) in [6, 6.07) is 0.307. The van der Waals surface area contributed by atoms with Gasteiger partial charge >= 0.3 is 0 Å². The molecule has 0 spiro atoms. The fourth-order valence-corrected chi connectivity index (χ4v) is 0.594. The molecule has 1 unspecified atom stereocenters. The minimum absolute atomic E-state index is 0.199. The molecule has 4 nitrogen and oxygen atoms in total. The predicted octanol–water partition coefficient (Wildman–Crippen LogP) is -0.297. The molecule has 1 atom stereocenters. The number of nitrogens with zero attached hydrogens (tertiary/aromatic N) is 1. The van der Waals surface area contributed by atoms with Gasteiger partial charge in [0, 0.05) is 20.1 Å². The lowest BCUT2D eigenvalue weighted by Crippen LogP contribution is -2.26. The van der Waals surface area contributed by atoms with E-state index in [1.54, 1.807) is 14.1 Å². The van der Waals surface area contributed by atoms with E-state index in [2.05, 4.69) is 17.2 Å². The maximum absolute atomic E-state index is 11.0. The quantitative estimate of drug-likeness (QED) is 0.498. The summed E-state index contributed by atoms with van der Waals surface area (Å²) in [5.74, 6) is 4.92. The lowest BCUT2D eigenvalue weighted by Gasteiger charge is -2.08. The van der Waals surface area contributed by atoms with Crippen molar-refractivity contribution in [3.63, 3.8) is 0 Å². The second-order valence-corrected chi connectivity index (χ2v) is 3.21. The van der Waals surface area contributed by atoms with Gasteiger partial charge in [-0.25, -0.2) is 0 Å². The summed E-state index contributed by atoms with van der Waals surface area (Å²) in [6.07, 6.45) is 0. The Balaban J connectivity index is 3.58. The largest absolute Gasteiger partial charge is 0.367 e. The summed E-state index contributed by atoms with van der Waals surface area (Å²) in [6.45, 7) is 2.91. The molecule has 0 aromatic heterocycles. The van der Waals surface area contributed by atoms with E-state index in [4.69, 9.17) is 4.74 Å². The second-order valence-electron chi connectivity index (χ2n) is 3.21. The third kappa shape index (κ3) is 6.46. The molecule has 0 bridgehead atoms. The summed E-state index contributed by atoms with van der Waals surface area (Å²) < 4.78 is 5.21. The number of ether oxygens (including phenoxy) is 1. The summed E-state index contributed by atoms with van der Waals surface area (Å²) >= 11 is 0. The third-order valence-corrected chi connectivity index (χ3v) is 1.64. The van der Waals surface area contributed by atoms with Crippen molar-refractivity contribution < 1.29 is 9.53 Å².